The first-order chi connectivity index (χ1) is 12.9. The van der Waals surface area contributed by atoms with Crippen molar-refractivity contribution in [2.45, 2.75) is 13.8 Å². The first kappa shape index (κ1) is 20.7. The molecule has 0 N–H and O–H groups in total. The van der Waals surface area contributed by atoms with Gasteiger partial charge < -0.3 is 9.64 Å². The molecule has 0 radical (unpaired) electrons. The van der Waals surface area contributed by atoms with Crippen molar-refractivity contribution in [3.05, 3.63) is 46.4 Å². The Morgan fingerprint density at radius 1 is 1.37 bits per heavy atom. The van der Waals surface area contributed by atoms with E-state index in [-0.39, 0.29) is 17.7 Å². The zero-order valence-corrected chi connectivity index (χ0v) is 16.6. The topological polar surface area (TPSA) is 84.2 Å². The Balaban J connectivity index is 1.97. The fourth-order valence-corrected chi connectivity index (χ4v) is 2.97. The van der Waals surface area contributed by atoms with Gasteiger partial charge >= 0.3 is 5.97 Å². The molecule has 0 spiro atoms. The number of anilines is 1. The number of nitrogens with zero attached hydrogens (tertiary/aromatic N) is 4. The van der Waals surface area contributed by atoms with E-state index in [1.54, 1.807) is 6.92 Å². The van der Waals surface area contributed by atoms with E-state index in [2.05, 4.69) is 26.7 Å². The summed E-state index contributed by atoms with van der Waals surface area (Å²) in [6, 6.07) is 7.45. The molecular formula is C18H19ClN4O3S. The largest absolute Gasteiger partial charge is 0.460 e. The molecular weight excluding hydrogens is 388 g/mol. The molecule has 142 valence electrons. The van der Waals surface area contributed by atoms with E-state index < -0.39 is 0 Å². The molecule has 0 atom stereocenters. The van der Waals surface area contributed by atoms with Gasteiger partial charge in [0.1, 0.15) is 11.5 Å². The molecule has 0 amide bonds. The second-order valence-electron chi connectivity index (χ2n) is 5.48. The van der Waals surface area contributed by atoms with E-state index in [0.717, 1.165) is 23.6 Å². The van der Waals surface area contributed by atoms with Gasteiger partial charge in [-0.25, -0.2) is 9.78 Å². The number of aromatic nitrogens is 1. The van der Waals surface area contributed by atoms with E-state index >= 15 is 0 Å². The van der Waals surface area contributed by atoms with Gasteiger partial charge in [0.05, 0.1) is 12.2 Å². The lowest BCUT2D eigenvalue weighted by Gasteiger charge is -2.22. The quantitative estimate of drug-likeness (QED) is 0.254. The highest BCUT2D eigenvalue weighted by molar-refractivity contribution is 7.17. The molecule has 2 aromatic rings. The van der Waals surface area contributed by atoms with Crippen molar-refractivity contribution in [2.75, 3.05) is 24.6 Å². The Kier molecular flexibility index (Phi) is 7.63. The normalized spacial score (nSPS) is 10.8. The Labute approximate surface area is 166 Å². The van der Waals surface area contributed by atoms with Crippen LogP contribution in [0, 0.1) is 0 Å². The minimum Gasteiger partial charge on any atom is -0.460 e. The maximum atomic E-state index is 11.4. The zero-order chi connectivity index (χ0) is 19.8. The summed E-state index contributed by atoms with van der Waals surface area (Å²) in [5.41, 5.74) is 2.00. The van der Waals surface area contributed by atoms with Crippen LogP contribution in [0.5, 0.6) is 0 Å². The van der Waals surface area contributed by atoms with Crippen molar-refractivity contribution in [3.8, 4) is 0 Å². The molecule has 0 aliphatic heterocycles. The number of esters is 1. The summed E-state index contributed by atoms with van der Waals surface area (Å²) in [6.45, 7) is 8.81. The highest BCUT2D eigenvalue weighted by atomic mass is 35.5. The van der Waals surface area contributed by atoms with Crippen LogP contribution in [-0.2, 0) is 9.53 Å². The minimum absolute atomic E-state index is 0.130. The van der Waals surface area contributed by atoms with E-state index in [0.29, 0.717) is 34.1 Å². The third-order valence-corrected chi connectivity index (χ3v) is 4.76. The van der Waals surface area contributed by atoms with Gasteiger partial charge in [0.25, 0.3) is 0 Å². The molecule has 1 aromatic heterocycles. The fourth-order valence-electron chi connectivity index (χ4n) is 2.09. The number of carbonyl (C=O) groups is 2. The van der Waals surface area contributed by atoms with Crippen LogP contribution in [-0.4, -0.2) is 36.9 Å². The van der Waals surface area contributed by atoms with Crippen molar-refractivity contribution in [1.29, 1.82) is 0 Å². The Hall–Kier alpha value is -2.58. The van der Waals surface area contributed by atoms with Crippen LogP contribution in [0.25, 0.3) is 0 Å². The predicted octanol–water partition coefficient (Wildman–Crippen LogP) is 4.97. The molecule has 0 aliphatic rings. The Bertz CT molecular complexity index is 849. The number of hydrogen-bond donors (Lipinski definition) is 0. The fraction of sp³-hybridized carbons (Fsp3) is 0.278. The van der Waals surface area contributed by atoms with Gasteiger partial charge in [-0.15, -0.1) is 10.2 Å². The van der Waals surface area contributed by atoms with Gasteiger partial charge in [0.15, 0.2) is 11.4 Å². The summed E-state index contributed by atoms with van der Waals surface area (Å²) in [4.78, 5) is 28.5. The van der Waals surface area contributed by atoms with Gasteiger partial charge in [-0.1, -0.05) is 29.5 Å². The first-order valence-corrected chi connectivity index (χ1v) is 9.35. The molecule has 27 heavy (non-hydrogen) atoms. The van der Waals surface area contributed by atoms with Gasteiger partial charge in [0, 0.05) is 17.8 Å². The molecule has 0 saturated heterocycles. The highest BCUT2D eigenvalue weighted by Gasteiger charge is 2.09. The zero-order valence-electron chi connectivity index (χ0n) is 15.0. The molecule has 1 aromatic carbocycles. The van der Waals surface area contributed by atoms with Crippen molar-refractivity contribution in [3.63, 3.8) is 0 Å². The number of hydrogen-bond acceptors (Lipinski definition) is 8. The lowest BCUT2D eigenvalue weighted by atomic mass is 10.2. The molecule has 0 saturated carbocycles. The molecule has 0 bridgehead atoms. The van der Waals surface area contributed by atoms with E-state index in [9.17, 15) is 9.59 Å². The van der Waals surface area contributed by atoms with Crippen LogP contribution < -0.4 is 4.90 Å². The van der Waals surface area contributed by atoms with Gasteiger partial charge in [0.2, 0.25) is 5.13 Å². The first-order valence-electron chi connectivity index (χ1n) is 8.15. The lowest BCUT2D eigenvalue weighted by Crippen LogP contribution is -2.28. The summed E-state index contributed by atoms with van der Waals surface area (Å²) >= 11 is 6.88. The number of ether oxygens (including phenoxy) is 1. The molecule has 2 rings (SSSR count). The molecule has 9 heteroatoms. The summed E-state index contributed by atoms with van der Waals surface area (Å²) < 4.78 is 5.13. The van der Waals surface area contributed by atoms with E-state index in [1.807, 2.05) is 31.2 Å². The maximum absolute atomic E-state index is 11.4. The molecule has 0 unspecified atom stereocenters. The van der Waals surface area contributed by atoms with Crippen LogP contribution in [0.1, 0.15) is 23.5 Å². The van der Waals surface area contributed by atoms with Crippen LogP contribution >= 0.6 is 22.9 Å². The number of likely N-dealkylation sites (N-methyl/N-ethyl adjacent to an activating group) is 1. The van der Waals surface area contributed by atoms with Crippen LogP contribution in [0.2, 0.25) is 5.15 Å². The van der Waals surface area contributed by atoms with Crippen LogP contribution in [0.4, 0.5) is 16.5 Å². The Morgan fingerprint density at radius 2 is 2.07 bits per heavy atom. The Morgan fingerprint density at radius 3 is 2.63 bits per heavy atom. The average Bonchev–Trinajstić information content (AvgIpc) is 3.03. The summed E-state index contributed by atoms with van der Waals surface area (Å²) in [7, 11) is 0. The second-order valence-corrected chi connectivity index (χ2v) is 6.85. The second kappa shape index (κ2) is 9.94. The third-order valence-electron chi connectivity index (χ3n) is 3.50. The number of aldehydes is 1. The molecule has 7 nitrogen and oxygen atoms in total. The maximum Gasteiger partial charge on any atom is 0.333 e. The third kappa shape index (κ3) is 5.97. The van der Waals surface area contributed by atoms with Gasteiger partial charge in [-0.05, 0) is 38.1 Å². The SMILES string of the molecule is C=C(C)C(=O)OCCN(CC)c1ccc(N=Nc2nc(Cl)c(C=O)s2)cc1. The van der Waals surface area contributed by atoms with Crippen LogP contribution in [0.3, 0.4) is 0 Å². The number of halogens is 1. The standard InChI is InChI=1S/C18H19ClN4O3S/c1-4-23(9-10-26-17(25)12(2)3)14-7-5-13(6-8-14)21-22-18-20-16(19)15(11-24)27-18/h5-8,11H,2,4,9-10H2,1,3H3. The monoisotopic (exact) mass is 406 g/mol. The molecule has 0 fully saturated rings. The van der Waals surface area contributed by atoms with Gasteiger partial charge in [-0.2, -0.15) is 0 Å². The summed E-state index contributed by atoms with van der Waals surface area (Å²) in [5, 5.41) is 8.54. The lowest BCUT2D eigenvalue weighted by molar-refractivity contribution is -0.138. The summed E-state index contributed by atoms with van der Waals surface area (Å²) in [6.07, 6.45) is 0.640. The smallest absolute Gasteiger partial charge is 0.333 e. The van der Waals surface area contributed by atoms with E-state index in [4.69, 9.17) is 16.3 Å². The van der Waals surface area contributed by atoms with Crippen molar-refractivity contribution < 1.29 is 14.3 Å². The predicted molar refractivity (Wildman–Crippen MR) is 107 cm³/mol. The van der Waals surface area contributed by atoms with Crippen molar-refractivity contribution >= 4 is 51.7 Å². The number of azo groups is 1. The van der Waals surface area contributed by atoms with Crippen LogP contribution in [0.15, 0.2) is 46.6 Å². The van der Waals surface area contributed by atoms with Gasteiger partial charge in [-0.3, -0.25) is 4.79 Å². The van der Waals surface area contributed by atoms with E-state index in [1.165, 1.54) is 0 Å². The number of thiazole rings is 1. The highest BCUT2D eigenvalue weighted by Crippen LogP contribution is 2.29. The van der Waals surface area contributed by atoms with Crippen molar-refractivity contribution in [2.24, 2.45) is 10.2 Å². The number of rotatable bonds is 9. The summed E-state index contributed by atoms with van der Waals surface area (Å²) in [5.74, 6) is -0.387. The average molecular weight is 407 g/mol. The molecule has 0 aliphatic carbocycles. The number of carbonyl (C=O) groups excluding carboxylic acids is 2. The minimum atomic E-state index is -0.387. The van der Waals surface area contributed by atoms with Crippen molar-refractivity contribution in [1.82, 2.24) is 4.98 Å². The molecule has 1 heterocycles. The number of benzene rings is 1.